The van der Waals surface area contributed by atoms with Gasteiger partial charge in [0.2, 0.25) is 0 Å². The van der Waals surface area contributed by atoms with Crippen molar-refractivity contribution in [2.24, 2.45) is 5.92 Å². The molecule has 23 heavy (non-hydrogen) atoms. The molecule has 5 heteroatoms. The quantitative estimate of drug-likeness (QED) is 0.928. The molecule has 3 aliphatic rings. The minimum atomic E-state index is 0.0288. The number of anilines is 1. The number of fused-ring (bicyclic) bond motifs is 4. The Labute approximate surface area is 138 Å². The van der Waals surface area contributed by atoms with Crippen molar-refractivity contribution < 1.29 is 9.53 Å². The third-order valence-electron chi connectivity index (χ3n) is 4.97. The zero-order valence-corrected chi connectivity index (χ0v) is 14.1. The van der Waals surface area contributed by atoms with Crippen LogP contribution < -0.4 is 5.32 Å². The van der Waals surface area contributed by atoms with Gasteiger partial charge in [-0.1, -0.05) is 12.1 Å². The minimum Gasteiger partial charge on any atom is -0.383 e. The van der Waals surface area contributed by atoms with Gasteiger partial charge in [0.25, 0.3) is 0 Å². The van der Waals surface area contributed by atoms with Crippen LogP contribution in [0.15, 0.2) is 24.3 Å². The first-order valence-electron chi connectivity index (χ1n) is 8.51. The number of piperidine rings is 1. The van der Waals surface area contributed by atoms with Crippen molar-refractivity contribution in [2.45, 2.75) is 25.8 Å². The van der Waals surface area contributed by atoms with E-state index in [0.717, 1.165) is 44.0 Å². The van der Waals surface area contributed by atoms with Crippen LogP contribution in [0.1, 0.15) is 18.4 Å². The van der Waals surface area contributed by atoms with Crippen LogP contribution in [0.25, 0.3) is 0 Å². The summed E-state index contributed by atoms with van der Waals surface area (Å²) in [4.78, 5) is 17.1. The zero-order chi connectivity index (χ0) is 16.2. The molecular weight excluding hydrogens is 290 g/mol. The summed E-state index contributed by atoms with van der Waals surface area (Å²) in [5.41, 5.74) is 2.03. The van der Waals surface area contributed by atoms with E-state index in [0.29, 0.717) is 12.0 Å². The van der Waals surface area contributed by atoms with E-state index in [-0.39, 0.29) is 6.03 Å². The minimum absolute atomic E-state index is 0.0288. The summed E-state index contributed by atoms with van der Waals surface area (Å²) in [5.74, 6) is 0.578. The average Bonchev–Trinajstić information content (AvgIpc) is 2.84. The third kappa shape index (κ3) is 4.03. The Morgan fingerprint density at radius 1 is 1.30 bits per heavy atom. The van der Waals surface area contributed by atoms with Crippen LogP contribution in [0.2, 0.25) is 0 Å². The highest BCUT2D eigenvalue weighted by Crippen LogP contribution is 2.28. The molecule has 3 heterocycles. The lowest BCUT2D eigenvalue weighted by Gasteiger charge is -2.35. The summed E-state index contributed by atoms with van der Waals surface area (Å²) >= 11 is 0. The van der Waals surface area contributed by atoms with E-state index in [2.05, 4.69) is 10.2 Å². The van der Waals surface area contributed by atoms with Gasteiger partial charge >= 0.3 is 6.03 Å². The molecule has 0 aromatic heterocycles. The fourth-order valence-corrected chi connectivity index (χ4v) is 3.75. The largest absolute Gasteiger partial charge is 0.383 e. The second-order valence-electron chi connectivity index (χ2n) is 6.79. The predicted molar refractivity (Wildman–Crippen MR) is 91.7 cm³/mol. The number of amides is 2. The summed E-state index contributed by atoms with van der Waals surface area (Å²) < 4.78 is 5.22. The van der Waals surface area contributed by atoms with Crippen molar-refractivity contribution in [3.8, 4) is 0 Å². The first kappa shape index (κ1) is 16.3. The third-order valence-corrected chi connectivity index (χ3v) is 4.97. The molecule has 3 saturated heterocycles. The lowest BCUT2D eigenvalue weighted by molar-refractivity contribution is 0.0876. The molecular formula is C18H27N3O2. The number of urea groups is 1. The topological polar surface area (TPSA) is 44.8 Å². The van der Waals surface area contributed by atoms with Crippen LogP contribution in [0.3, 0.4) is 0 Å². The lowest BCUT2D eigenvalue weighted by atomic mass is 9.95. The van der Waals surface area contributed by atoms with E-state index in [1.807, 2.05) is 36.1 Å². The smallest absolute Gasteiger partial charge is 0.321 e. The number of methoxy groups -OCH3 is 1. The molecule has 0 spiro atoms. The van der Waals surface area contributed by atoms with Gasteiger partial charge in [0, 0.05) is 45.0 Å². The predicted octanol–water partition coefficient (Wildman–Crippen LogP) is 2.57. The Kier molecular flexibility index (Phi) is 5.18. The van der Waals surface area contributed by atoms with Crippen molar-refractivity contribution in [3.05, 3.63) is 29.8 Å². The number of rotatable bonds is 4. The van der Waals surface area contributed by atoms with Crippen molar-refractivity contribution in [1.82, 2.24) is 9.80 Å². The number of nitrogens with zero attached hydrogens (tertiary/aromatic N) is 2. The fourth-order valence-electron chi connectivity index (χ4n) is 3.75. The van der Waals surface area contributed by atoms with Crippen molar-refractivity contribution in [3.63, 3.8) is 0 Å². The number of aryl methyl sites for hydroxylation is 1. The Balaban J connectivity index is 1.63. The summed E-state index contributed by atoms with van der Waals surface area (Å²) in [7, 11) is 1.75. The van der Waals surface area contributed by atoms with Crippen LogP contribution in [-0.2, 0) is 4.74 Å². The van der Waals surface area contributed by atoms with Gasteiger partial charge in [0.15, 0.2) is 0 Å². The first-order chi connectivity index (χ1) is 11.2. The van der Waals surface area contributed by atoms with Gasteiger partial charge in [-0.05, 0) is 43.4 Å². The molecule has 1 N–H and O–H groups in total. The Bertz CT molecular complexity index is 549. The second-order valence-corrected chi connectivity index (χ2v) is 6.79. The van der Waals surface area contributed by atoms with Crippen LogP contribution in [-0.4, -0.2) is 61.8 Å². The maximum atomic E-state index is 12.6. The Morgan fingerprint density at radius 3 is 2.96 bits per heavy atom. The Morgan fingerprint density at radius 2 is 2.17 bits per heavy atom. The maximum Gasteiger partial charge on any atom is 0.321 e. The maximum absolute atomic E-state index is 12.6. The molecule has 5 nitrogen and oxygen atoms in total. The molecule has 2 amide bonds. The van der Waals surface area contributed by atoms with E-state index in [1.54, 1.807) is 7.11 Å². The monoisotopic (exact) mass is 317 g/mol. The van der Waals surface area contributed by atoms with Gasteiger partial charge < -0.3 is 15.0 Å². The van der Waals surface area contributed by atoms with Gasteiger partial charge in [-0.25, -0.2) is 4.79 Å². The summed E-state index contributed by atoms with van der Waals surface area (Å²) in [6.07, 6.45) is 2.41. The summed E-state index contributed by atoms with van der Waals surface area (Å²) in [6.45, 7) is 6.52. The van der Waals surface area contributed by atoms with E-state index in [9.17, 15) is 4.79 Å². The van der Waals surface area contributed by atoms with Crippen molar-refractivity contribution in [1.29, 1.82) is 0 Å². The SMILES string of the molecule is COCCN1C[C@@H]2CC[C@H]1CN(C(=O)Nc1cccc(C)c1)C2. The van der Waals surface area contributed by atoms with Crippen LogP contribution in [0.5, 0.6) is 0 Å². The second kappa shape index (κ2) is 7.32. The van der Waals surface area contributed by atoms with E-state index in [4.69, 9.17) is 4.74 Å². The standard InChI is InChI=1S/C18H27N3O2/c1-14-4-3-5-16(10-14)19-18(22)21-12-15-6-7-17(13-21)20(11-15)8-9-23-2/h3-5,10,15,17H,6-9,11-13H2,1-2H3,(H,19,22)/t15-,17-/m0/s1. The normalized spacial score (nSPS) is 24.5. The molecule has 2 bridgehead atoms. The van der Waals surface area contributed by atoms with Crippen LogP contribution in [0.4, 0.5) is 10.5 Å². The molecule has 1 aromatic carbocycles. The van der Waals surface area contributed by atoms with Crippen LogP contribution in [0, 0.1) is 12.8 Å². The fraction of sp³-hybridized carbons (Fsp3) is 0.611. The van der Waals surface area contributed by atoms with E-state index < -0.39 is 0 Å². The average molecular weight is 317 g/mol. The molecule has 4 rings (SSSR count). The number of carbonyl (C=O) groups excluding carboxylic acids is 1. The molecule has 0 radical (unpaired) electrons. The molecule has 0 unspecified atom stereocenters. The molecule has 0 aliphatic carbocycles. The zero-order valence-electron chi connectivity index (χ0n) is 14.1. The number of hydrogen-bond donors (Lipinski definition) is 1. The highest BCUT2D eigenvalue weighted by molar-refractivity contribution is 5.89. The highest BCUT2D eigenvalue weighted by Gasteiger charge is 2.36. The van der Waals surface area contributed by atoms with E-state index >= 15 is 0 Å². The molecule has 3 aliphatic heterocycles. The van der Waals surface area contributed by atoms with Gasteiger partial charge in [-0.15, -0.1) is 0 Å². The van der Waals surface area contributed by atoms with Gasteiger partial charge in [-0.3, -0.25) is 4.90 Å². The molecule has 2 atom stereocenters. The summed E-state index contributed by atoms with van der Waals surface area (Å²) in [6, 6.07) is 8.46. The number of hydrogen-bond acceptors (Lipinski definition) is 3. The van der Waals surface area contributed by atoms with E-state index in [1.165, 1.54) is 12.8 Å². The summed E-state index contributed by atoms with van der Waals surface area (Å²) in [5, 5.41) is 3.05. The van der Waals surface area contributed by atoms with Gasteiger partial charge in [0.1, 0.15) is 0 Å². The Hall–Kier alpha value is -1.59. The molecule has 126 valence electrons. The first-order valence-corrected chi connectivity index (χ1v) is 8.51. The number of ether oxygens (including phenoxy) is 1. The molecule has 3 fully saturated rings. The molecule has 0 saturated carbocycles. The number of benzene rings is 1. The number of nitrogens with one attached hydrogen (secondary N) is 1. The van der Waals surface area contributed by atoms with Gasteiger partial charge in [-0.2, -0.15) is 0 Å². The van der Waals surface area contributed by atoms with Crippen LogP contribution >= 0.6 is 0 Å². The number of carbonyl (C=O) groups is 1. The molecule has 1 aromatic rings. The highest BCUT2D eigenvalue weighted by atomic mass is 16.5. The van der Waals surface area contributed by atoms with Crippen molar-refractivity contribution in [2.75, 3.05) is 45.2 Å². The van der Waals surface area contributed by atoms with Gasteiger partial charge in [0.05, 0.1) is 6.61 Å². The van der Waals surface area contributed by atoms with Crippen molar-refractivity contribution >= 4 is 11.7 Å². The lowest BCUT2D eigenvalue weighted by Crippen LogP contribution is -2.46.